The van der Waals surface area contributed by atoms with E-state index in [-0.39, 0.29) is 11.8 Å². The average Bonchev–Trinajstić information content (AvgIpc) is 2.89. The number of hydrogen-bond acceptors (Lipinski definition) is 5. The van der Waals surface area contributed by atoms with Gasteiger partial charge < -0.3 is 20.7 Å². The molecule has 7 heteroatoms. The smallest absolute Gasteiger partial charge is 0.256 e. The highest BCUT2D eigenvalue weighted by atomic mass is 16.5. The molecule has 1 fully saturated rings. The standard InChI is InChI=1S/C29H34N4O3/c1-20(2)21-4-6-22(7-5-21)26-13-12-25(36-3)18-27(26)29(35)31-23-8-10-24(11-9-23)33-16-14-32(15-17-33)19-28(30)34/h4-13,18,20H,14-17,19H2,1-3H3,(H2,30,34)(H,31,35). The zero-order valence-corrected chi connectivity index (χ0v) is 21.2. The summed E-state index contributed by atoms with van der Waals surface area (Å²) in [4.78, 5) is 28.8. The van der Waals surface area contributed by atoms with Gasteiger partial charge in [0.25, 0.3) is 5.91 Å². The second kappa shape index (κ2) is 11.3. The minimum atomic E-state index is -0.296. The van der Waals surface area contributed by atoms with Gasteiger partial charge in [-0.25, -0.2) is 0 Å². The van der Waals surface area contributed by atoms with Crippen molar-refractivity contribution < 1.29 is 14.3 Å². The van der Waals surface area contributed by atoms with Gasteiger partial charge in [-0.05, 0) is 65.1 Å². The first-order chi connectivity index (χ1) is 17.3. The van der Waals surface area contributed by atoms with E-state index in [0.717, 1.165) is 48.7 Å². The van der Waals surface area contributed by atoms with E-state index in [1.54, 1.807) is 13.2 Å². The Morgan fingerprint density at radius 1 is 0.944 bits per heavy atom. The number of carbonyl (C=O) groups excluding carboxylic acids is 2. The van der Waals surface area contributed by atoms with Gasteiger partial charge in [0.1, 0.15) is 5.75 Å². The Kier molecular flexibility index (Phi) is 7.90. The number of nitrogens with two attached hydrogens (primary N) is 1. The third-order valence-corrected chi connectivity index (χ3v) is 6.60. The molecule has 3 aromatic rings. The number of nitrogens with zero attached hydrogens (tertiary/aromatic N) is 2. The number of amides is 2. The molecule has 0 unspecified atom stereocenters. The van der Waals surface area contributed by atoms with Crippen LogP contribution in [0.2, 0.25) is 0 Å². The molecule has 0 radical (unpaired) electrons. The topological polar surface area (TPSA) is 87.9 Å². The highest BCUT2D eigenvalue weighted by Crippen LogP contribution is 2.30. The van der Waals surface area contributed by atoms with Crippen molar-refractivity contribution in [1.82, 2.24) is 4.90 Å². The summed E-state index contributed by atoms with van der Waals surface area (Å²) in [5, 5.41) is 3.04. The van der Waals surface area contributed by atoms with Crippen LogP contribution < -0.4 is 20.7 Å². The van der Waals surface area contributed by atoms with Crippen LogP contribution in [0.15, 0.2) is 66.7 Å². The van der Waals surface area contributed by atoms with Gasteiger partial charge in [-0.15, -0.1) is 0 Å². The maximum Gasteiger partial charge on any atom is 0.256 e. The molecule has 3 aromatic carbocycles. The number of benzene rings is 3. The summed E-state index contributed by atoms with van der Waals surface area (Å²) < 4.78 is 5.39. The molecule has 3 N–H and O–H groups in total. The fourth-order valence-corrected chi connectivity index (χ4v) is 4.48. The van der Waals surface area contributed by atoms with E-state index < -0.39 is 0 Å². The number of methoxy groups -OCH3 is 1. The molecule has 0 aliphatic carbocycles. The molecule has 0 spiro atoms. The van der Waals surface area contributed by atoms with Gasteiger partial charge in [0.2, 0.25) is 5.91 Å². The second-order valence-electron chi connectivity index (χ2n) is 9.42. The summed E-state index contributed by atoms with van der Waals surface area (Å²) in [7, 11) is 1.60. The minimum Gasteiger partial charge on any atom is -0.497 e. The molecule has 0 atom stereocenters. The predicted octanol–water partition coefficient (Wildman–Crippen LogP) is 4.35. The van der Waals surface area contributed by atoms with Crippen LogP contribution in [0.1, 0.15) is 35.7 Å². The molecule has 7 nitrogen and oxygen atoms in total. The van der Waals surface area contributed by atoms with Gasteiger partial charge in [0, 0.05) is 37.6 Å². The molecule has 1 saturated heterocycles. The van der Waals surface area contributed by atoms with Crippen molar-refractivity contribution in [2.75, 3.05) is 50.1 Å². The zero-order valence-electron chi connectivity index (χ0n) is 21.2. The van der Waals surface area contributed by atoms with Crippen LogP contribution in [0, 0.1) is 0 Å². The number of carbonyl (C=O) groups is 2. The van der Waals surface area contributed by atoms with Crippen molar-refractivity contribution in [1.29, 1.82) is 0 Å². The number of piperazine rings is 1. The molecular formula is C29H34N4O3. The van der Waals surface area contributed by atoms with Gasteiger partial charge in [0.05, 0.1) is 19.2 Å². The second-order valence-corrected chi connectivity index (χ2v) is 9.42. The minimum absolute atomic E-state index is 0.190. The molecule has 188 valence electrons. The first kappa shape index (κ1) is 25.3. The largest absolute Gasteiger partial charge is 0.497 e. The van der Waals surface area contributed by atoms with Crippen LogP contribution in [0.4, 0.5) is 11.4 Å². The van der Waals surface area contributed by atoms with E-state index in [9.17, 15) is 9.59 Å². The van der Waals surface area contributed by atoms with Crippen molar-refractivity contribution in [2.24, 2.45) is 5.73 Å². The number of hydrogen-bond donors (Lipinski definition) is 2. The molecule has 2 amide bonds. The van der Waals surface area contributed by atoms with Gasteiger partial charge >= 0.3 is 0 Å². The van der Waals surface area contributed by atoms with Crippen molar-refractivity contribution in [2.45, 2.75) is 19.8 Å². The Morgan fingerprint density at radius 3 is 2.19 bits per heavy atom. The number of rotatable bonds is 8. The molecule has 0 saturated carbocycles. The lowest BCUT2D eigenvalue weighted by molar-refractivity contribution is -0.119. The summed E-state index contributed by atoms with van der Waals surface area (Å²) >= 11 is 0. The molecule has 1 aliphatic rings. The van der Waals surface area contributed by atoms with Crippen molar-refractivity contribution in [3.8, 4) is 16.9 Å². The van der Waals surface area contributed by atoms with Crippen LogP contribution >= 0.6 is 0 Å². The van der Waals surface area contributed by atoms with E-state index >= 15 is 0 Å². The van der Waals surface area contributed by atoms with Crippen molar-refractivity contribution >= 4 is 23.2 Å². The van der Waals surface area contributed by atoms with Gasteiger partial charge in [-0.3, -0.25) is 14.5 Å². The molecule has 36 heavy (non-hydrogen) atoms. The van der Waals surface area contributed by atoms with E-state index in [2.05, 4.69) is 53.2 Å². The molecule has 1 heterocycles. The summed E-state index contributed by atoms with van der Waals surface area (Å²) in [6, 6.07) is 21.8. The molecule has 1 aliphatic heterocycles. The Hall–Kier alpha value is -3.84. The molecule has 0 bridgehead atoms. The maximum atomic E-state index is 13.3. The summed E-state index contributed by atoms with van der Waals surface area (Å²) in [6.07, 6.45) is 0. The van der Waals surface area contributed by atoms with E-state index in [0.29, 0.717) is 23.8 Å². The Bertz CT molecular complexity index is 1200. The molecule has 4 rings (SSSR count). The van der Waals surface area contributed by atoms with E-state index in [4.69, 9.17) is 10.5 Å². The lowest BCUT2D eigenvalue weighted by Crippen LogP contribution is -2.48. The van der Waals surface area contributed by atoms with Crippen LogP contribution in [0.5, 0.6) is 5.75 Å². The number of anilines is 2. The quantitative estimate of drug-likeness (QED) is 0.494. The lowest BCUT2D eigenvalue weighted by Gasteiger charge is -2.35. The van der Waals surface area contributed by atoms with E-state index in [1.807, 2.05) is 36.4 Å². The number of ether oxygens (including phenoxy) is 1. The van der Waals surface area contributed by atoms with Crippen LogP contribution in [0.25, 0.3) is 11.1 Å². The zero-order chi connectivity index (χ0) is 25.7. The normalized spacial score (nSPS) is 14.1. The van der Waals surface area contributed by atoms with Crippen molar-refractivity contribution in [3.05, 3.63) is 77.9 Å². The lowest BCUT2D eigenvalue weighted by atomic mass is 9.95. The van der Waals surface area contributed by atoms with Gasteiger partial charge in [0.15, 0.2) is 0 Å². The Balaban J connectivity index is 1.48. The van der Waals surface area contributed by atoms with Crippen LogP contribution in [-0.4, -0.2) is 56.5 Å². The SMILES string of the molecule is COc1ccc(-c2ccc(C(C)C)cc2)c(C(=O)Nc2ccc(N3CCN(CC(N)=O)CC3)cc2)c1. The van der Waals surface area contributed by atoms with Gasteiger partial charge in [-0.2, -0.15) is 0 Å². The third-order valence-electron chi connectivity index (χ3n) is 6.60. The monoisotopic (exact) mass is 486 g/mol. The first-order valence-electron chi connectivity index (χ1n) is 12.3. The average molecular weight is 487 g/mol. The number of nitrogens with one attached hydrogen (secondary N) is 1. The predicted molar refractivity (Wildman–Crippen MR) is 145 cm³/mol. The van der Waals surface area contributed by atoms with E-state index in [1.165, 1.54) is 5.56 Å². The van der Waals surface area contributed by atoms with Crippen molar-refractivity contribution in [3.63, 3.8) is 0 Å². The molecule has 0 aromatic heterocycles. The summed E-state index contributed by atoms with van der Waals surface area (Å²) in [5.74, 6) is 0.591. The Morgan fingerprint density at radius 2 is 1.61 bits per heavy atom. The highest BCUT2D eigenvalue weighted by Gasteiger charge is 2.19. The van der Waals surface area contributed by atoms with Crippen LogP contribution in [0.3, 0.4) is 0 Å². The summed E-state index contributed by atoms with van der Waals surface area (Å²) in [6.45, 7) is 7.85. The fraction of sp³-hybridized carbons (Fsp3) is 0.310. The maximum absolute atomic E-state index is 13.3. The first-order valence-corrected chi connectivity index (χ1v) is 12.3. The Labute approximate surface area is 212 Å². The third kappa shape index (κ3) is 6.04. The molecular weight excluding hydrogens is 452 g/mol. The highest BCUT2D eigenvalue weighted by molar-refractivity contribution is 6.09. The van der Waals surface area contributed by atoms with Gasteiger partial charge in [-0.1, -0.05) is 38.1 Å². The summed E-state index contributed by atoms with van der Waals surface area (Å²) in [5.41, 5.74) is 10.8. The number of primary amides is 1. The fourth-order valence-electron chi connectivity index (χ4n) is 4.48. The van der Waals surface area contributed by atoms with Crippen LogP contribution in [-0.2, 0) is 4.79 Å².